The van der Waals surface area contributed by atoms with Crippen molar-refractivity contribution in [3.05, 3.63) is 233 Å². The molecule has 7 rings (SSSR count). The largest absolute Gasteiger partial charge is 0.497 e. The molecule has 7 aromatic rings. The maximum Gasteiger partial charge on any atom is 0.497 e. The molecule has 0 bridgehead atoms. The quantitative estimate of drug-likeness (QED) is 0.0197. The molecule has 0 aliphatic heterocycles. The van der Waals surface area contributed by atoms with Crippen molar-refractivity contribution in [3.63, 3.8) is 0 Å². The van der Waals surface area contributed by atoms with Crippen molar-refractivity contribution in [1.29, 1.82) is 0 Å². The summed E-state index contributed by atoms with van der Waals surface area (Å²) in [4.78, 5) is 82.3. The van der Waals surface area contributed by atoms with Crippen LogP contribution in [0.4, 0.5) is 72.8 Å². The lowest BCUT2D eigenvalue weighted by molar-refractivity contribution is -0.385. The lowest BCUT2D eigenvalue weighted by atomic mass is 10.1. The Morgan fingerprint density at radius 2 is 0.776 bits per heavy atom. The van der Waals surface area contributed by atoms with Crippen molar-refractivity contribution < 1.29 is 140 Å². The summed E-state index contributed by atoms with van der Waals surface area (Å²) in [6.45, 7) is 18.7. The molecule has 0 aromatic heterocycles. The monoisotopic (exact) mass is 1600 g/mol. The number of halogens is 14. The highest BCUT2D eigenvalue weighted by Crippen LogP contribution is 2.37. The predicted octanol–water partition coefficient (Wildman–Crippen LogP) is 17.3. The van der Waals surface area contributed by atoms with E-state index in [0.717, 1.165) is 46.6 Å². The Morgan fingerprint density at radius 1 is 0.449 bits per heavy atom. The van der Waals surface area contributed by atoms with Gasteiger partial charge in [0.1, 0.15) is 11.5 Å². The van der Waals surface area contributed by atoms with E-state index in [1.807, 2.05) is 71.0 Å². The average molecular weight is 1600 g/mol. The molecule has 0 unspecified atom stereocenters. The Morgan fingerprint density at radius 3 is 1.03 bits per heavy atom. The average Bonchev–Trinajstić information content (AvgIpc) is 0.799. The van der Waals surface area contributed by atoms with Crippen LogP contribution >= 0.6 is 0 Å². The fourth-order valence-electron chi connectivity index (χ4n) is 6.63. The Hall–Kier alpha value is -10.4. The number of aryl methyl sites for hydroxylation is 1. The summed E-state index contributed by atoms with van der Waals surface area (Å²) in [5.74, 6) is -9.93. The second-order valence-electron chi connectivity index (χ2n) is 21.3. The number of carbonyl (C=O) groups excluding carboxylic acids is 6. The van der Waals surface area contributed by atoms with Crippen molar-refractivity contribution in [2.24, 2.45) is 5.92 Å². The molecule has 0 amide bonds. The van der Waals surface area contributed by atoms with Crippen LogP contribution in [0.15, 0.2) is 149 Å². The van der Waals surface area contributed by atoms with Gasteiger partial charge in [0.25, 0.3) is 11.4 Å². The number of nitrogens with zero attached hydrogens (tertiary/aromatic N) is 2. The van der Waals surface area contributed by atoms with Crippen LogP contribution < -0.4 is 9.47 Å². The van der Waals surface area contributed by atoms with Crippen molar-refractivity contribution in [1.82, 2.24) is 0 Å². The van der Waals surface area contributed by atoms with Crippen molar-refractivity contribution in [2.75, 3.05) is 39.6 Å². The lowest BCUT2D eigenvalue weighted by Gasteiger charge is -2.13. The standard InChI is InChI=1S/C10H12O2.C9H6F6O2S.C9H10O2.C8H3F5O.C8H7NO3.C8H8O.C7H7NO4S.C6H12O2.C2H3F3O2S.C2H6/c1-7-6-9(12-3)4-5-10(7)8(2)11;1-18(16,17)7-3-5(8(10,11)12)2-6(4-7)9(13,14)15;1-7(10)8-3-5-9(11-2)6-4-8;1-2(14)3-4(9)6(11)8(13)7(12)5(3)10;1-6(10)7-2-4-8(5-3-7)9(11)12;1-7(9)8-5-3-2-4-6-8;1-13(11,12)7-4-2-6(3-5-7)8(9)10;1-5(2)4-8-6(3)7;1-8(6,7)2(3,4)5;1-2/h4-6H,1-3H3;2-4H,1H3;3-6H,1-2H3;1H3;2-5H,1H3;2-6H,1H3;2-5H,1H3;5H,4H2,1-3H3;1H3;1-2H3. The van der Waals surface area contributed by atoms with E-state index >= 15 is 0 Å². The normalized spacial score (nSPS) is 10.7. The number of non-ortho nitro benzene ring substituents is 2. The van der Waals surface area contributed by atoms with Gasteiger partial charge in [0.2, 0.25) is 15.7 Å². The first-order valence-electron chi connectivity index (χ1n) is 29.8. The van der Waals surface area contributed by atoms with E-state index in [0.29, 0.717) is 36.8 Å². The van der Waals surface area contributed by atoms with E-state index < -0.39 is 114 Å². The van der Waals surface area contributed by atoms with Gasteiger partial charge < -0.3 is 14.2 Å². The van der Waals surface area contributed by atoms with Crippen molar-refractivity contribution in [3.8, 4) is 11.5 Å². The molecule has 0 atom stereocenters. The highest BCUT2D eigenvalue weighted by atomic mass is 32.2. The summed E-state index contributed by atoms with van der Waals surface area (Å²) in [6, 6.07) is 32.2. The third kappa shape index (κ3) is 39.0. The minimum absolute atomic E-state index is 0.000000000000000222. The smallest absolute Gasteiger partial charge is 0.497 e. The van der Waals surface area contributed by atoms with Gasteiger partial charge in [-0.3, -0.25) is 49.0 Å². The molecule has 590 valence electrons. The van der Waals surface area contributed by atoms with Crippen LogP contribution in [-0.4, -0.2) is 115 Å². The van der Waals surface area contributed by atoms with Gasteiger partial charge in [0.05, 0.1) is 57.2 Å². The third-order valence-electron chi connectivity index (χ3n) is 12.0. The number of nitro benzene ring substituents is 2. The number of rotatable bonds is 13. The van der Waals surface area contributed by atoms with Crippen LogP contribution in [0.5, 0.6) is 11.5 Å². The van der Waals surface area contributed by atoms with E-state index in [4.69, 9.17) is 9.47 Å². The molecule has 0 N–H and O–H groups in total. The number of hydrogen-bond acceptors (Lipinski definition) is 19. The van der Waals surface area contributed by atoms with Gasteiger partial charge in [0, 0.05) is 72.2 Å². The van der Waals surface area contributed by atoms with E-state index in [1.54, 1.807) is 71.4 Å². The Bertz CT molecular complexity index is 4390. The highest BCUT2D eigenvalue weighted by molar-refractivity contribution is 7.91. The summed E-state index contributed by atoms with van der Waals surface area (Å²) >= 11 is 0. The Labute approximate surface area is 606 Å². The first-order valence-corrected chi connectivity index (χ1v) is 35.4. The van der Waals surface area contributed by atoms with E-state index in [-0.39, 0.29) is 69.8 Å². The fourth-order valence-corrected chi connectivity index (χ4v) is 7.94. The molecule has 0 fully saturated rings. The van der Waals surface area contributed by atoms with Gasteiger partial charge in [-0.25, -0.2) is 47.2 Å². The van der Waals surface area contributed by atoms with Crippen molar-refractivity contribution in [2.45, 2.75) is 104 Å². The number of benzene rings is 7. The van der Waals surface area contributed by atoms with Gasteiger partial charge in [0.15, 0.2) is 71.9 Å². The van der Waals surface area contributed by atoms with Gasteiger partial charge in [-0.1, -0.05) is 58.0 Å². The molecule has 7 aromatic carbocycles. The molecule has 0 saturated carbocycles. The van der Waals surface area contributed by atoms with Crippen LogP contribution in [0, 0.1) is 62.2 Å². The minimum Gasteiger partial charge on any atom is -0.497 e. The number of ketones is 5. The number of esters is 1. The maximum absolute atomic E-state index is 12.7. The minimum atomic E-state index is -5.09. The summed E-state index contributed by atoms with van der Waals surface area (Å²) in [6.07, 6.45) is -8.41. The molecule has 0 aliphatic carbocycles. The maximum atomic E-state index is 12.7. The van der Waals surface area contributed by atoms with E-state index in [2.05, 4.69) is 4.74 Å². The summed E-state index contributed by atoms with van der Waals surface area (Å²) < 4.78 is 248. The third-order valence-corrected chi connectivity index (χ3v) is 15.1. The van der Waals surface area contributed by atoms with Gasteiger partial charge in [-0.15, -0.1) is 0 Å². The number of ether oxygens (including phenoxy) is 3. The molecular formula is C69H74F14N2O19S3. The van der Waals surface area contributed by atoms with Crippen LogP contribution in [0.2, 0.25) is 0 Å². The first-order chi connectivity index (χ1) is 48.8. The second kappa shape index (κ2) is 45.9. The van der Waals surface area contributed by atoms with Crippen LogP contribution in [0.1, 0.15) is 138 Å². The molecule has 0 saturated heterocycles. The molecule has 0 heterocycles. The number of methoxy groups -OCH3 is 2. The van der Waals surface area contributed by atoms with Gasteiger partial charge in [-0.05, 0) is 138 Å². The van der Waals surface area contributed by atoms with Crippen LogP contribution in [0.3, 0.4) is 0 Å². The number of hydrogen-bond donors (Lipinski definition) is 0. The molecule has 0 aliphatic rings. The molecule has 107 heavy (non-hydrogen) atoms. The number of carbonyl (C=O) groups is 6. The number of Topliss-reactive ketones (excluding diaryl/α,β-unsaturated/α-hetero) is 5. The molecule has 21 nitrogen and oxygen atoms in total. The predicted molar refractivity (Wildman–Crippen MR) is 366 cm³/mol. The first kappa shape index (κ1) is 101. The number of sulfone groups is 3. The van der Waals surface area contributed by atoms with Crippen molar-refractivity contribution >= 4 is 75.8 Å². The number of alkyl halides is 9. The Kier molecular flexibility index (Phi) is 43.2. The second-order valence-corrected chi connectivity index (χ2v) is 27.3. The molecule has 0 spiro atoms. The molecule has 38 heteroatoms. The van der Waals surface area contributed by atoms with Gasteiger partial charge >= 0.3 is 23.8 Å². The lowest BCUT2D eigenvalue weighted by Crippen LogP contribution is -2.20. The topological polar surface area (TPSA) is 319 Å². The fraction of sp³-hybridized carbons (Fsp3) is 0.304. The summed E-state index contributed by atoms with van der Waals surface area (Å²) in [7, 11) is -9.06. The van der Waals surface area contributed by atoms with E-state index in [9.17, 15) is 136 Å². The Balaban J connectivity index is -0.00000115. The summed E-state index contributed by atoms with van der Waals surface area (Å²) in [5, 5.41) is 20.4. The molecule has 0 radical (unpaired) electrons. The zero-order valence-corrected chi connectivity index (χ0v) is 62.2. The highest BCUT2D eigenvalue weighted by Gasteiger charge is 2.41. The van der Waals surface area contributed by atoms with Crippen LogP contribution in [-0.2, 0) is 51.4 Å². The molecular weight excluding hydrogens is 1520 g/mol. The summed E-state index contributed by atoms with van der Waals surface area (Å²) in [5.41, 5.74) is -6.24. The van der Waals surface area contributed by atoms with Gasteiger partial charge in [-0.2, -0.15) is 39.5 Å². The zero-order valence-electron chi connectivity index (χ0n) is 59.7. The number of nitro groups is 2. The zero-order chi connectivity index (χ0) is 84.3. The SMILES string of the molecule is CC.CC(=O)OCC(C)C.CC(=O)c1c(F)c(F)c(F)c(F)c1F.CC(=O)c1ccc([N+](=O)[O-])cc1.CC(=O)c1ccccc1.COc1ccc(C(C)=O)c(C)c1.COc1ccc(C(C)=O)cc1.CS(=O)(=O)C(F)(F)F.CS(=O)(=O)c1cc(C(F)(F)F)cc(C(F)(F)F)c1.CS(=O)(=O)c1ccc([N+](=O)[O-])cc1. The van der Waals surface area contributed by atoms with E-state index in [1.165, 1.54) is 50.2 Å². The van der Waals surface area contributed by atoms with Crippen LogP contribution in [0.25, 0.3) is 0 Å².